The summed E-state index contributed by atoms with van der Waals surface area (Å²) < 4.78 is 0. The Morgan fingerprint density at radius 2 is 1.85 bits per heavy atom. The van der Waals surface area contributed by atoms with Crippen LogP contribution in [0.5, 0.6) is 0 Å². The number of carbonyl (C=O) groups excluding carboxylic acids is 2. The molecular weight excluding hydrogens is 360 g/mol. The zero-order chi connectivity index (χ0) is 20.0. The molecule has 2 amide bonds. The van der Waals surface area contributed by atoms with Gasteiger partial charge in [-0.25, -0.2) is 0 Å². The van der Waals surface area contributed by atoms with Crippen molar-refractivity contribution in [1.29, 1.82) is 0 Å². The molecule has 2 bridgehead atoms. The summed E-state index contributed by atoms with van der Waals surface area (Å²) in [5.74, 6) is 0.229. The predicted molar refractivity (Wildman–Crippen MR) is 109 cm³/mol. The van der Waals surface area contributed by atoms with Crippen molar-refractivity contribution in [2.45, 2.75) is 66.0 Å². The molecule has 4 unspecified atom stereocenters. The SMILES string of the molecule is CC(C)C(NC(=O)c1ccccc1Cl)C(=O)NC1CC2CCC1(C)C2(C)C. The van der Waals surface area contributed by atoms with Crippen molar-refractivity contribution in [3.63, 3.8) is 0 Å². The van der Waals surface area contributed by atoms with Crippen LogP contribution in [0.4, 0.5) is 0 Å². The van der Waals surface area contributed by atoms with E-state index in [1.807, 2.05) is 13.8 Å². The van der Waals surface area contributed by atoms with Gasteiger partial charge in [-0.15, -0.1) is 0 Å². The van der Waals surface area contributed by atoms with E-state index in [9.17, 15) is 9.59 Å². The Hall–Kier alpha value is -1.55. The van der Waals surface area contributed by atoms with Gasteiger partial charge in [0.25, 0.3) is 5.91 Å². The number of amides is 2. The second-order valence-electron chi connectivity index (χ2n) is 9.35. The number of benzene rings is 1. The lowest BCUT2D eigenvalue weighted by Gasteiger charge is -2.40. The van der Waals surface area contributed by atoms with Crippen molar-refractivity contribution in [2.24, 2.45) is 22.7 Å². The summed E-state index contributed by atoms with van der Waals surface area (Å²) in [6.45, 7) is 10.9. The standard InChI is InChI=1S/C22H31ClN2O2/c1-13(2)18(25-19(26)15-8-6-7-9-16(15)23)20(27)24-17-12-14-10-11-22(17,5)21(14,3)4/h6-9,13-14,17-18H,10-12H2,1-5H3,(H,24,27)(H,25,26). The van der Waals surface area contributed by atoms with E-state index in [2.05, 4.69) is 31.4 Å². The quantitative estimate of drug-likeness (QED) is 0.781. The average Bonchev–Trinajstić information content (AvgIpc) is 2.93. The molecule has 5 heteroatoms. The predicted octanol–water partition coefficient (Wildman–Crippen LogP) is 4.43. The van der Waals surface area contributed by atoms with Crippen LogP contribution in [0.15, 0.2) is 24.3 Å². The lowest BCUT2D eigenvalue weighted by atomic mass is 9.69. The van der Waals surface area contributed by atoms with Crippen molar-refractivity contribution in [3.8, 4) is 0 Å². The summed E-state index contributed by atoms with van der Waals surface area (Å²) in [6, 6.07) is 6.48. The Morgan fingerprint density at radius 3 is 2.37 bits per heavy atom. The Balaban J connectivity index is 1.72. The monoisotopic (exact) mass is 390 g/mol. The second kappa shape index (κ2) is 7.12. The molecule has 3 rings (SSSR count). The Kier molecular flexibility index (Phi) is 5.33. The molecule has 4 nitrogen and oxygen atoms in total. The summed E-state index contributed by atoms with van der Waals surface area (Å²) >= 11 is 6.13. The van der Waals surface area contributed by atoms with Crippen LogP contribution in [0.1, 0.15) is 64.2 Å². The van der Waals surface area contributed by atoms with E-state index >= 15 is 0 Å². The molecule has 0 spiro atoms. The van der Waals surface area contributed by atoms with Gasteiger partial charge in [0, 0.05) is 6.04 Å². The van der Waals surface area contributed by atoms with Crippen molar-refractivity contribution in [1.82, 2.24) is 10.6 Å². The zero-order valence-corrected chi connectivity index (χ0v) is 17.7. The van der Waals surface area contributed by atoms with E-state index in [0.29, 0.717) is 16.5 Å². The molecule has 2 N–H and O–H groups in total. The molecule has 1 aromatic rings. The van der Waals surface area contributed by atoms with Gasteiger partial charge in [-0.1, -0.05) is 58.4 Å². The molecule has 0 saturated heterocycles. The fraction of sp³-hybridized carbons (Fsp3) is 0.636. The smallest absolute Gasteiger partial charge is 0.253 e. The minimum atomic E-state index is -0.584. The number of halogens is 1. The van der Waals surface area contributed by atoms with Crippen LogP contribution in [0.25, 0.3) is 0 Å². The number of nitrogens with one attached hydrogen (secondary N) is 2. The molecule has 4 atom stereocenters. The summed E-state index contributed by atoms with van der Waals surface area (Å²) in [4.78, 5) is 25.7. The minimum Gasteiger partial charge on any atom is -0.351 e. The van der Waals surface area contributed by atoms with Gasteiger partial charge < -0.3 is 10.6 Å². The normalized spacial score (nSPS) is 29.6. The highest BCUT2D eigenvalue weighted by Gasteiger charge is 2.61. The van der Waals surface area contributed by atoms with Gasteiger partial charge >= 0.3 is 0 Å². The lowest BCUT2D eigenvalue weighted by molar-refractivity contribution is -0.125. The van der Waals surface area contributed by atoms with Gasteiger partial charge in [0.1, 0.15) is 6.04 Å². The number of fused-ring (bicyclic) bond motifs is 2. The first-order valence-electron chi connectivity index (χ1n) is 9.93. The largest absolute Gasteiger partial charge is 0.351 e. The molecule has 1 aromatic carbocycles. The second-order valence-corrected chi connectivity index (χ2v) is 9.75. The van der Waals surface area contributed by atoms with E-state index in [1.54, 1.807) is 24.3 Å². The van der Waals surface area contributed by atoms with E-state index < -0.39 is 6.04 Å². The van der Waals surface area contributed by atoms with E-state index in [-0.39, 0.29) is 34.6 Å². The first kappa shape index (κ1) is 20.2. The van der Waals surface area contributed by atoms with Crippen LogP contribution >= 0.6 is 11.6 Å². The van der Waals surface area contributed by atoms with Crippen molar-refractivity contribution >= 4 is 23.4 Å². The highest BCUT2D eigenvalue weighted by Crippen LogP contribution is 2.65. The molecule has 2 fully saturated rings. The van der Waals surface area contributed by atoms with Crippen LogP contribution in [0, 0.1) is 22.7 Å². The fourth-order valence-electron chi connectivity index (χ4n) is 5.08. The first-order chi connectivity index (χ1) is 12.6. The number of carbonyl (C=O) groups is 2. The highest BCUT2D eigenvalue weighted by molar-refractivity contribution is 6.33. The molecule has 2 aliphatic rings. The van der Waals surface area contributed by atoms with Gasteiger partial charge in [-0.3, -0.25) is 9.59 Å². The van der Waals surface area contributed by atoms with E-state index in [0.717, 1.165) is 12.8 Å². The highest BCUT2D eigenvalue weighted by atomic mass is 35.5. The Labute approximate surface area is 167 Å². The molecule has 2 saturated carbocycles. The van der Waals surface area contributed by atoms with Crippen molar-refractivity contribution < 1.29 is 9.59 Å². The number of rotatable bonds is 5. The Bertz CT molecular complexity index is 746. The third-order valence-corrected chi connectivity index (χ3v) is 7.79. The lowest BCUT2D eigenvalue weighted by Crippen LogP contribution is -2.55. The average molecular weight is 391 g/mol. The maximum absolute atomic E-state index is 13.1. The van der Waals surface area contributed by atoms with Gasteiger partial charge in [-0.2, -0.15) is 0 Å². The molecule has 27 heavy (non-hydrogen) atoms. The summed E-state index contributed by atoms with van der Waals surface area (Å²) in [7, 11) is 0. The van der Waals surface area contributed by atoms with Crippen LogP contribution in [-0.4, -0.2) is 23.9 Å². The molecule has 2 aliphatic carbocycles. The molecule has 0 heterocycles. The summed E-state index contributed by atoms with van der Waals surface area (Å²) in [6.07, 6.45) is 3.42. The Morgan fingerprint density at radius 1 is 1.19 bits per heavy atom. The van der Waals surface area contributed by atoms with Gasteiger partial charge in [0.15, 0.2) is 0 Å². The van der Waals surface area contributed by atoms with Crippen LogP contribution in [0.2, 0.25) is 5.02 Å². The molecule has 0 aliphatic heterocycles. The van der Waals surface area contributed by atoms with Gasteiger partial charge in [0.05, 0.1) is 10.6 Å². The van der Waals surface area contributed by atoms with Crippen molar-refractivity contribution in [2.75, 3.05) is 0 Å². The van der Waals surface area contributed by atoms with Crippen LogP contribution < -0.4 is 10.6 Å². The molecule has 0 aromatic heterocycles. The summed E-state index contributed by atoms with van der Waals surface area (Å²) in [5.41, 5.74) is 0.742. The maximum Gasteiger partial charge on any atom is 0.253 e. The van der Waals surface area contributed by atoms with E-state index in [1.165, 1.54) is 6.42 Å². The molecule has 148 valence electrons. The first-order valence-corrected chi connectivity index (χ1v) is 10.3. The van der Waals surface area contributed by atoms with Crippen LogP contribution in [-0.2, 0) is 4.79 Å². The zero-order valence-electron chi connectivity index (χ0n) is 16.9. The third kappa shape index (κ3) is 3.37. The van der Waals surface area contributed by atoms with Crippen molar-refractivity contribution in [3.05, 3.63) is 34.9 Å². The van der Waals surface area contributed by atoms with Crippen LogP contribution in [0.3, 0.4) is 0 Å². The third-order valence-electron chi connectivity index (χ3n) is 7.46. The number of hydrogen-bond donors (Lipinski definition) is 2. The summed E-state index contributed by atoms with van der Waals surface area (Å²) in [5, 5.41) is 6.55. The van der Waals surface area contributed by atoms with Gasteiger partial charge in [0.2, 0.25) is 5.91 Å². The maximum atomic E-state index is 13.1. The fourth-order valence-corrected chi connectivity index (χ4v) is 5.30. The molecule has 0 radical (unpaired) electrons. The molecular formula is C22H31ClN2O2. The van der Waals surface area contributed by atoms with Gasteiger partial charge in [-0.05, 0) is 54.1 Å². The minimum absolute atomic E-state index is 0.0177. The number of hydrogen-bond acceptors (Lipinski definition) is 2. The van der Waals surface area contributed by atoms with E-state index in [4.69, 9.17) is 11.6 Å². The topological polar surface area (TPSA) is 58.2 Å².